The Labute approximate surface area is 115 Å². The average molecular weight is 258 g/mol. The number of likely N-dealkylation sites (tertiary alicyclic amines) is 1. The van der Waals surface area contributed by atoms with Crippen molar-refractivity contribution < 1.29 is 4.74 Å². The summed E-state index contributed by atoms with van der Waals surface area (Å²) in [6.45, 7) is 4.25. The van der Waals surface area contributed by atoms with Crippen LogP contribution in [-0.4, -0.2) is 31.1 Å². The maximum absolute atomic E-state index is 9.49. The lowest BCUT2D eigenvalue weighted by Crippen LogP contribution is -2.41. The molecule has 0 radical (unpaired) electrons. The van der Waals surface area contributed by atoms with E-state index in [1.165, 1.54) is 24.8 Å². The molecule has 1 saturated heterocycles. The Hall–Kier alpha value is -1.53. The molecule has 0 bridgehead atoms. The smallest absolute Gasteiger partial charge is 0.118 e. The molecular weight excluding hydrogens is 236 g/mol. The molecule has 1 aromatic rings. The lowest BCUT2D eigenvalue weighted by Gasteiger charge is -2.34. The van der Waals surface area contributed by atoms with Crippen LogP contribution in [0.4, 0.5) is 0 Å². The molecule has 1 aliphatic rings. The third-order valence-corrected chi connectivity index (χ3v) is 4.03. The fourth-order valence-electron chi connectivity index (χ4n) is 2.80. The van der Waals surface area contributed by atoms with Crippen LogP contribution >= 0.6 is 0 Å². The molecule has 0 saturated carbocycles. The average Bonchev–Trinajstić information content (AvgIpc) is 2.49. The molecule has 2 unspecified atom stereocenters. The molecule has 1 fully saturated rings. The van der Waals surface area contributed by atoms with E-state index in [-0.39, 0.29) is 12.0 Å². The summed E-state index contributed by atoms with van der Waals surface area (Å²) >= 11 is 0. The van der Waals surface area contributed by atoms with Gasteiger partial charge in [-0.2, -0.15) is 5.26 Å². The number of benzene rings is 1. The van der Waals surface area contributed by atoms with Crippen molar-refractivity contribution in [1.29, 1.82) is 5.26 Å². The molecule has 3 heteroatoms. The zero-order valence-electron chi connectivity index (χ0n) is 11.8. The molecule has 0 aliphatic carbocycles. The van der Waals surface area contributed by atoms with Gasteiger partial charge in [0.05, 0.1) is 13.2 Å². The molecule has 0 aromatic heterocycles. The topological polar surface area (TPSA) is 36.3 Å². The van der Waals surface area contributed by atoms with Gasteiger partial charge in [-0.15, -0.1) is 0 Å². The molecule has 3 nitrogen and oxygen atoms in total. The van der Waals surface area contributed by atoms with Crippen molar-refractivity contribution in [2.45, 2.75) is 38.1 Å². The molecule has 1 aliphatic heterocycles. The van der Waals surface area contributed by atoms with E-state index in [2.05, 4.69) is 30.0 Å². The molecule has 0 spiro atoms. The van der Waals surface area contributed by atoms with Crippen LogP contribution in [0.15, 0.2) is 24.3 Å². The maximum Gasteiger partial charge on any atom is 0.118 e. The molecular formula is C16H22N2O. The second kappa shape index (κ2) is 6.58. The van der Waals surface area contributed by atoms with Crippen LogP contribution < -0.4 is 4.74 Å². The lowest BCUT2D eigenvalue weighted by atomic mass is 9.91. The number of piperidine rings is 1. The summed E-state index contributed by atoms with van der Waals surface area (Å²) in [7, 11) is 1.67. The van der Waals surface area contributed by atoms with Crippen LogP contribution in [0.25, 0.3) is 0 Å². The molecule has 102 valence electrons. The number of hydrogen-bond acceptors (Lipinski definition) is 3. The Kier molecular flexibility index (Phi) is 4.81. The molecule has 1 aromatic carbocycles. The van der Waals surface area contributed by atoms with Gasteiger partial charge in [0.15, 0.2) is 0 Å². The van der Waals surface area contributed by atoms with Gasteiger partial charge in [-0.3, -0.25) is 4.90 Å². The molecule has 2 atom stereocenters. The summed E-state index contributed by atoms with van der Waals surface area (Å²) in [5, 5.41) is 9.49. The van der Waals surface area contributed by atoms with Gasteiger partial charge in [0.2, 0.25) is 0 Å². The highest BCUT2D eigenvalue weighted by Gasteiger charge is 2.26. The first kappa shape index (κ1) is 13.9. The zero-order valence-corrected chi connectivity index (χ0v) is 11.8. The maximum atomic E-state index is 9.49. The quantitative estimate of drug-likeness (QED) is 0.832. The Morgan fingerprint density at radius 3 is 2.32 bits per heavy atom. The van der Waals surface area contributed by atoms with Crippen molar-refractivity contribution in [1.82, 2.24) is 4.90 Å². The van der Waals surface area contributed by atoms with Crippen LogP contribution in [0, 0.1) is 11.3 Å². The van der Waals surface area contributed by atoms with Crippen LogP contribution in [0.5, 0.6) is 5.75 Å². The second-order valence-corrected chi connectivity index (χ2v) is 5.23. The summed E-state index contributed by atoms with van der Waals surface area (Å²) in [6.07, 6.45) is 3.73. The third kappa shape index (κ3) is 3.27. The van der Waals surface area contributed by atoms with Gasteiger partial charge in [-0.25, -0.2) is 0 Å². The van der Waals surface area contributed by atoms with Crippen LogP contribution in [0.3, 0.4) is 0 Å². The highest BCUT2D eigenvalue weighted by molar-refractivity contribution is 5.31. The minimum Gasteiger partial charge on any atom is -0.497 e. The first-order valence-electron chi connectivity index (χ1n) is 7.04. The number of rotatable bonds is 4. The zero-order chi connectivity index (χ0) is 13.7. The van der Waals surface area contributed by atoms with Gasteiger partial charge in [0.1, 0.15) is 11.8 Å². The summed E-state index contributed by atoms with van der Waals surface area (Å²) in [5.41, 5.74) is 1.21. The first-order chi connectivity index (χ1) is 9.26. The highest BCUT2D eigenvalue weighted by atomic mass is 16.5. The lowest BCUT2D eigenvalue weighted by molar-refractivity contribution is 0.179. The Bertz CT molecular complexity index is 429. The SMILES string of the molecule is COc1ccc(C(C)C(C#N)N2CCCCC2)cc1. The number of ether oxygens (including phenoxy) is 1. The predicted octanol–water partition coefficient (Wildman–Crippen LogP) is 3.18. The molecule has 19 heavy (non-hydrogen) atoms. The van der Waals surface area contributed by atoms with E-state index < -0.39 is 0 Å². The van der Waals surface area contributed by atoms with Gasteiger partial charge in [0.25, 0.3) is 0 Å². The second-order valence-electron chi connectivity index (χ2n) is 5.23. The van der Waals surface area contributed by atoms with Gasteiger partial charge >= 0.3 is 0 Å². The van der Waals surface area contributed by atoms with E-state index in [1.807, 2.05) is 12.1 Å². The summed E-state index contributed by atoms with van der Waals surface area (Å²) in [5.74, 6) is 1.09. The van der Waals surface area contributed by atoms with Gasteiger partial charge in [-0.05, 0) is 43.6 Å². The van der Waals surface area contributed by atoms with Crippen molar-refractivity contribution >= 4 is 0 Å². The minimum atomic E-state index is -0.0197. The number of hydrogen-bond donors (Lipinski definition) is 0. The van der Waals surface area contributed by atoms with Crippen molar-refractivity contribution in [3.8, 4) is 11.8 Å². The molecule has 1 heterocycles. The van der Waals surface area contributed by atoms with Gasteiger partial charge in [0, 0.05) is 5.92 Å². The fourth-order valence-corrected chi connectivity index (χ4v) is 2.80. The highest BCUT2D eigenvalue weighted by Crippen LogP contribution is 2.26. The Morgan fingerprint density at radius 2 is 1.79 bits per heavy atom. The number of methoxy groups -OCH3 is 1. The molecule has 0 N–H and O–H groups in total. The number of nitriles is 1. The normalized spacial score (nSPS) is 19.4. The van der Waals surface area contributed by atoms with E-state index in [0.717, 1.165) is 18.8 Å². The van der Waals surface area contributed by atoms with Gasteiger partial charge < -0.3 is 4.74 Å². The third-order valence-electron chi connectivity index (χ3n) is 4.03. The van der Waals surface area contributed by atoms with E-state index >= 15 is 0 Å². The Balaban J connectivity index is 2.10. The molecule has 2 rings (SSSR count). The van der Waals surface area contributed by atoms with Crippen molar-refractivity contribution in [3.05, 3.63) is 29.8 Å². The molecule has 0 amide bonds. The fraction of sp³-hybridized carbons (Fsp3) is 0.562. The summed E-state index contributed by atoms with van der Waals surface area (Å²) < 4.78 is 5.18. The summed E-state index contributed by atoms with van der Waals surface area (Å²) in [6, 6.07) is 10.5. The van der Waals surface area contributed by atoms with Crippen LogP contribution in [0.2, 0.25) is 0 Å². The van der Waals surface area contributed by atoms with E-state index in [1.54, 1.807) is 7.11 Å². The van der Waals surface area contributed by atoms with Crippen molar-refractivity contribution in [2.24, 2.45) is 0 Å². The number of nitrogens with zero attached hydrogens (tertiary/aromatic N) is 2. The predicted molar refractivity (Wildman–Crippen MR) is 76.2 cm³/mol. The van der Waals surface area contributed by atoms with E-state index in [9.17, 15) is 5.26 Å². The van der Waals surface area contributed by atoms with Crippen molar-refractivity contribution in [2.75, 3.05) is 20.2 Å². The largest absolute Gasteiger partial charge is 0.497 e. The van der Waals surface area contributed by atoms with E-state index in [0.29, 0.717) is 0 Å². The minimum absolute atomic E-state index is 0.0197. The van der Waals surface area contributed by atoms with E-state index in [4.69, 9.17) is 4.74 Å². The van der Waals surface area contributed by atoms with Crippen molar-refractivity contribution in [3.63, 3.8) is 0 Å². The van der Waals surface area contributed by atoms with Gasteiger partial charge in [-0.1, -0.05) is 25.5 Å². The standard InChI is InChI=1S/C16H22N2O/c1-13(14-6-8-15(19-2)9-7-14)16(12-17)18-10-4-3-5-11-18/h6-9,13,16H,3-5,10-11H2,1-2H3. The Morgan fingerprint density at radius 1 is 1.16 bits per heavy atom. The first-order valence-corrected chi connectivity index (χ1v) is 7.04. The van der Waals surface area contributed by atoms with Crippen LogP contribution in [0.1, 0.15) is 37.7 Å². The monoisotopic (exact) mass is 258 g/mol. The summed E-state index contributed by atoms with van der Waals surface area (Å²) in [4.78, 5) is 2.33. The van der Waals surface area contributed by atoms with Crippen LogP contribution in [-0.2, 0) is 0 Å².